The first-order chi connectivity index (χ1) is 5.33. The van der Waals surface area contributed by atoms with Crippen molar-refractivity contribution < 1.29 is 5.11 Å². The van der Waals surface area contributed by atoms with Crippen LogP contribution in [-0.4, -0.2) is 22.5 Å². The minimum absolute atomic E-state index is 0.177. The Bertz CT molecular complexity index is 212. The van der Waals surface area contributed by atoms with Crippen LogP contribution in [0.2, 0.25) is 0 Å². The molecule has 0 aliphatic rings. The third-order valence-corrected chi connectivity index (χ3v) is 2.02. The minimum atomic E-state index is 0.177. The van der Waals surface area contributed by atoms with Crippen molar-refractivity contribution in [2.75, 3.05) is 18.1 Å². The van der Waals surface area contributed by atoms with E-state index in [2.05, 4.69) is 4.98 Å². The highest BCUT2D eigenvalue weighted by Crippen LogP contribution is 2.14. The van der Waals surface area contributed by atoms with Crippen molar-refractivity contribution in [1.82, 2.24) is 4.98 Å². The van der Waals surface area contributed by atoms with E-state index in [1.807, 2.05) is 6.07 Å². The number of hydrogen-bond acceptors (Lipinski definition) is 4. The van der Waals surface area contributed by atoms with Crippen LogP contribution in [0.5, 0.6) is 0 Å². The smallest absolute Gasteiger partial charge is 0.0962 e. The van der Waals surface area contributed by atoms with Crippen LogP contribution in [-0.2, 0) is 0 Å². The SMILES string of the molecule is Nc1ccc(SCCO)nc1. The molecule has 0 aliphatic heterocycles. The fraction of sp³-hybridized carbons (Fsp3) is 0.286. The third kappa shape index (κ3) is 2.78. The molecular formula is C7H10N2OS. The molecule has 0 fully saturated rings. The second-order valence-electron chi connectivity index (χ2n) is 2.00. The summed E-state index contributed by atoms with van der Waals surface area (Å²) < 4.78 is 0. The van der Waals surface area contributed by atoms with E-state index in [-0.39, 0.29) is 6.61 Å². The monoisotopic (exact) mass is 170 g/mol. The lowest BCUT2D eigenvalue weighted by Gasteiger charge is -1.97. The average Bonchev–Trinajstić information content (AvgIpc) is 2.04. The van der Waals surface area contributed by atoms with Gasteiger partial charge in [0.05, 0.1) is 23.5 Å². The first kappa shape index (κ1) is 8.36. The molecule has 11 heavy (non-hydrogen) atoms. The Kier molecular flexibility index (Phi) is 3.19. The lowest BCUT2D eigenvalue weighted by atomic mass is 10.4. The Morgan fingerprint density at radius 2 is 2.36 bits per heavy atom. The molecule has 0 spiro atoms. The molecule has 0 radical (unpaired) electrons. The Labute approximate surface area is 69.6 Å². The van der Waals surface area contributed by atoms with Crippen molar-refractivity contribution in [2.24, 2.45) is 0 Å². The molecule has 1 rings (SSSR count). The zero-order chi connectivity index (χ0) is 8.10. The maximum atomic E-state index is 8.51. The van der Waals surface area contributed by atoms with E-state index in [1.54, 1.807) is 12.3 Å². The fourth-order valence-corrected chi connectivity index (χ4v) is 1.22. The maximum absolute atomic E-state index is 8.51. The van der Waals surface area contributed by atoms with E-state index < -0.39 is 0 Å². The van der Waals surface area contributed by atoms with Crippen molar-refractivity contribution in [2.45, 2.75) is 5.03 Å². The second kappa shape index (κ2) is 4.20. The number of rotatable bonds is 3. The van der Waals surface area contributed by atoms with Crippen LogP contribution >= 0.6 is 11.8 Å². The molecule has 0 unspecified atom stereocenters. The molecule has 0 atom stereocenters. The Morgan fingerprint density at radius 1 is 1.55 bits per heavy atom. The molecular weight excluding hydrogens is 160 g/mol. The molecule has 0 aliphatic carbocycles. The molecule has 0 saturated heterocycles. The van der Waals surface area contributed by atoms with Crippen molar-refractivity contribution in [3.05, 3.63) is 18.3 Å². The Hall–Kier alpha value is -0.740. The van der Waals surface area contributed by atoms with Gasteiger partial charge in [-0.25, -0.2) is 4.98 Å². The highest BCUT2D eigenvalue weighted by Gasteiger charge is 1.92. The fourth-order valence-electron chi connectivity index (χ4n) is 0.627. The van der Waals surface area contributed by atoms with Crippen molar-refractivity contribution in [3.63, 3.8) is 0 Å². The number of aliphatic hydroxyl groups excluding tert-OH is 1. The van der Waals surface area contributed by atoms with Crippen molar-refractivity contribution >= 4 is 17.4 Å². The van der Waals surface area contributed by atoms with Gasteiger partial charge in [-0.2, -0.15) is 0 Å². The quantitative estimate of drug-likeness (QED) is 0.657. The zero-order valence-electron chi connectivity index (χ0n) is 6.03. The summed E-state index contributed by atoms with van der Waals surface area (Å²) in [5.41, 5.74) is 6.10. The Balaban J connectivity index is 2.52. The van der Waals surface area contributed by atoms with E-state index in [1.165, 1.54) is 11.8 Å². The van der Waals surface area contributed by atoms with Gasteiger partial charge in [-0.15, -0.1) is 11.8 Å². The summed E-state index contributed by atoms with van der Waals surface area (Å²) in [6.07, 6.45) is 1.61. The molecule has 1 aromatic rings. The lowest BCUT2D eigenvalue weighted by Crippen LogP contribution is -1.89. The number of aromatic nitrogens is 1. The van der Waals surface area contributed by atoms with E-state index >= 15 is 0 Å². The van der Waals surface area contributed by atoms with E-state index in [0.717, 1.165) is 5.03 Å². The number of anilines is 1. The first-order valence-corrected chi connectivity index (χ1v) is 4.26. The summed E-state index contributed by atoms with van der Waals surface area (Å²) in [4.78, 5) is 4.04. The van der Waals surface area contributed by atoms with Crippen LogP contribution in [0.25, 0.3) is 0 Å². The number of pyridine rings is 1. The van der Waals surface area contributed by atoms with Crippen LogP contribution in [0.3, 0.4) is 0 Å². The van der Waals surface area contributed by atoms with Crippen LogP contribution in [0.1, 0.15) is 0 Å². The van der Waals surface area contributed by atoms with Gasteiger partial charge in [0.1, 0.15) is 0 Å². The van der Waals surface area contributed by atoms with Gasteiger partial charge in [-0.05, 0) is 12.1 Å². The number of nitrogen functional groups attached to an aromatic ring is 1. The standard InChI is InChI=1S/C7H10N2OS/c8-6-1-2-7(9-5-6)11-4-3-10/h1-2,5,10H,3-4,8H2. The summed E-state index contributed by atoms with van der Waals surface area (Å²) in [5, 5.41) is 9.41. The van der Waals surface area contributed by atoms with Gasteiger partial charge >= 0.3 is 0 Å². The second-order valence-corrected chi connectivity index (χ2v) is 3.12. The van der Waals surface area contributed by atoms with Crippen LogP contribution in [0.15, 0.2) is 23.4 Å². The Morgan fingerprint density at radius 3 is 2.91 bits per heavy atom. The molecule has 1 heterocycles. The summed E-state index contributed by atoms with van der Waals surface area (Å²) in [6, 6.07) is 3.64. The van der Waals surface area contributed by atoms with Crippen molar-refractivity contribution in [1.29, 1.82) is 0 Å². The molecule has 0 saturated carbocycles. The van der Waals surface area contributed by atoms with Crippen LogP contribution in [0, 0.1) is 0 Å². The first-order valence-electron chi connectivity index (χ1n) is 3.28. The molecule has 0 aromatic carbocycles. The van der Waals surface area contributed by atoms with Gasteiger partial charge in [0.25, 0.3) is 0 Å². The molecule has 4 heteroatoms. The number of thioether (sulfide) groups is 1. The van der Waals surface area contributed by atoms with Gasteiger partial charge < -0.3 is 10.8 Å². The van der Waals surface area contributed by atoms with Gasteiger partial charge in [-0.1, -0.05) is 0 Å². The highest BCUT2D eigenvalue weighted by atomic mass is 32.2. The third-order valence-electron chi connectivity index (χ3n) is 1.10. The normalized spacial score (nSPS) is 9.91. The van der Waals surface area contributed by atoms with Crippen LogP contribution in [0.4, 0.5) is 5.69 Å². The predicted molar refractivity (Wildman–Crippen MR) is 46.5 cm³/mol. The number of nitrogens with zero attached hydrogens (tertiary/aromatic N) is 1. The molecule has 3 nitrogen and oxygen atoms in total. The summed E-state index contributed by atoms with van der Waals surface area (Å²) in [6.45, 7) is 0.177. The summed E-state index contributed by atoms with van der Waals surface area (Å²) in [7, 11) is 0. The van der Waals surface area contributed by atoms with E-state index in [9.17, 15) is 0 Å². The molecule has 0 amide bonds. The minimum Gasteiger partial charge on any atom is -0.397 e. The lowest BCUT2D eigenvalue weighted by molar-refractivity contribution is 0.322. The van der Waals surface area contributed by atoms with Gasteiger partial charge in [-0.3, -0.25) is 0 Å². The molecule has 0 bridgehead atoms. The topological polar surface area (TPSA) is 59.1 Å². The largest absolute Gasteiger partial charge is 0.397 e. The number of nitrogens with two attached hydrogens (primary N) is 1. The van der Waals surface area contributed by atoms with Gasteiger partial charge in [0.15, 0.2) is 0 Å². The van der Waals surface area contributed by atoms with Crippen LogP contribution < -0.4 is 5.73 Å². The molecule has 3 N–H and O–H groups in total. The predicted octanol–water partition coefficient (Wildman–Crippen LogP) is 0.748. The van der Waals surface area contributed by atoms with Crippen molar-refractivity contribution in [3.8, 4) is 0 Å². The zero-order valence-corrected chi connectivity index (χ0v) is 6.84. The van der Waals surface area contributed by atoms with Gasteiger partial charge in [0, 0.05) is 5.75 Å². The number of aliphatic hydroxyl groups is 1. The maximum Gasteiger partial charge on any atom is 0.0962 e. The molecule has 60 valence electrons. The van der Waals surface area contributed by atoms with Gasteiger partial charge in [0.2, 0.25) is 0 Å². The summed E-state index contributed by atoms with van der Waals surface area (Å²) in [5.74, 6) is 0.677. The molecule has 1 aromatic heterocycles. The highest BCUT2D eigenvalue weighted by molar-refractivity contribution is 7.99. The average molecular weight is 170 g/mol. The van der Waals surface area contributed by atoms with E-state index in [4.69, 9.17) is 10.8 Å². The summed E-state index contributed by atoms with van der Waals surface area (Å²) >= 11 is 1.51. The number of hydrogen-bond donors (Lipinski definition) is 2. The van der Waals surface area contributed by atoms with E-state index in [0.29, 0.717) is 11.4 Å².